The molecule has 1 aromatic heterocycles. The lowest BCUT2D eigenvalue weighted by Crippen LogP contribution is -2.20. The van der Waals surface area contributed by atoms with Gasteiger partial charge in [-0.25, -0.2) is 4.98 Å². The highest BCUT2D eigenvalue weighted by atomic mass is 79.9. The molecule has 0 bridgehead atoms. The minimum absolute atomic E-state index is 0.367. The number of hydrogen-bond acceptors (Lipinski definition) is 3. The molecule has 4 heteroatoms. The Bertz CT molecular complexity index is 591. The molecule has 0 atom stereocenters. The number of aromatic nitrogens is 1. The van der Waals surface area contributed by atoms with Crippen LogP contribution in [0, 0.1) is 5.41 Å². The van der Waals surface area contributed by atoms with Crippen LogP contribution in [0.4, 0.5) is 0 Å². The predicted octanol–water partition coefficient (Wildman–Crippen LogP) is 5.16. The standard InChI is InChI=1S/C18H23BrN2O/c1-18(2,3)10-11-20-12-14-8-9-17(21-13-14)22-16-7-5-4-6-15(16)19/h4-9,13,20H,10-12H2,1-3H3. The van der Waals surface area contributed by atoms with E-state index >= 15 is 0 Å². The van der Waals surface area contributed by atoms with Gasteiger partial charge < -0.3 is 10.1 Å². The number of nitrogens with one attached hydrogen (secondary N) is 1. The Morgan fingerprint density at radius 2 is 1.91 bits per heavy atom. The van der Waals surface area contributed by atoms with Crippen molar-refractivity contribution in [2.75, 3.05) is 6.54 Å². The van der Waals surface area contributed by atoms with Crippen molar-refractivity contribution in [1.29, 1.82) is 0 Å². The lowest BCUT2D eigenvalue weighted by molar-refractivity contribution is 0.366. The molecule has 3 nitrogen and oxygen atoms in total. The number of halogens is 1. The summed E-state index contributed by atoms with van der Waals surface area (Å²) in [6, 6.07) is 11.7. The molecule has 0 aliphatic heterocycles. The summed E-state index contributed by atoms with van der Waals surface area (Å²) in [6.45, 7) is 8.61. The van der Waals surface area contributed by atoms with E-state index in [9.17, 15) is 0 Å². The van der Waals surface area contributed by atoms with Crippen molar-refractivity contribution in [2.24, 2.45) is 5.41 Å². The fourth-order valence-electron chi connectivity index (χ4n) is 1.91. The van der Waals surface area contributed by atoms with E-state index in [1.54, 1.807) is 0 Å². The molecule has 0 fully saturated rings. The van der Waals surface area contributed by atoms with E-state index in [4.69, 9.17) is 4.74 Å². The van der Waals surface area contributed by atoms with Crippen LogP contribution in [-0.2, 0) is 6.54 Å². The van der Waals surface area contributed by atoms with Crippen LogP contribution in [0.3, 0.4) is 0 Å². The fraction of sp³-hybridized carbons (Fsp3) is 0.389. The molecule has 0 radical (unpaired) electrons. The molecule has 0 saturated heterocycles. The molecule has 0 aliphatic carbocycles. The highest BCUT2D eigenvalue weighted by Crippen LogP contribution is 2.28. The highest BCUT2D eigenvalue weighted by molar-refractivity contribution is 9.10. The van der Waals surface area contributed by atoms with Gasteiger partial charge in [0, 0.05) is 18.8 Å². The van der Waals surface area contributed by atoms with Crippen LogP contribution < -0.4 is 10.1 Å². The SMILES string of the molecule is CC(C)(C)CCNCc1ccc(Oc2ccccc2Br)nc1. The summed E-state index contributed by atoms with van der Waals surface area (Å²) in [5.41, 5.74) is 1.53. The Kier molecular flexibility index (Phi) is 5.98. The zero-order valence-electron chi connectivity index (χ0n) is 13.4. The first-order valence-corrected chi connectivity index (χ1v) is 8.31. The molecule has 2 aromatic rings. The van der Waals surface area contributed by atoms with Gasteiger partial charge in [0.15, 0.2) is 0 Å². The molecular formula is C18H23BrN2O. The number of nitrogens with zero attached hydrogens (tertiary/aromatic N) is 1. The van der Waals surface area contributed by atoms with Crippen LogP contribution in [0.25, 0.3) is 0 Å². The Hall–Kier alpha value is -1.39. The van der Waals surface area contributed by atoms with E-state index in [1.807, 2.05) is 42.6 Å². The summed E-state index contributed by atoms with van der Waals surface area (Å²) in [7, 11) is 0. The zero-order chi connectivity index (χ0) is 16.0. The van der Waals surface area contributed by atoms with E-state index in [0.29, 0.717) is 11.3 Å². The molecule has 22 heavy (non-hydrogen) atoms. The van der Waals surface area contributed by atoms with Crippen molar-refractivity contribution in [3.05, 3.63) is 52.6 Å². The van der Waals surface area contributed by atoms with Crippen molar-refractivity contribution in [3.8, 4) is 11.6 Å². The number of para-hydroxylation sites is 1. The van der Waals surface area contributed by atoms with Crippen molar-refractivity contribution < 1.29 is 4.74 Å². The van der Waals surface area contributed by atoms with Crippen LogP contribution in [0.15, 0.2) is 47.1 Å². The fourth-order valence-corrected chi connectivity index (χ4v) is 2.28. The molecule has 118 valence electrons. The maximum absolute atomic E-state index is 5.76. The molecule has 2 rings (SSSR count). The largest absolute Gasteiger partial charge is 0.438 e. The summed E-state index contributed by atoms with van der Waals surface area (Å²) in [6.07, 6.45) is 3.01. The van der Waals surface area contributed by atoms with Gasteiger partial charge in [0.25, 0.3) is 0 Å². The molecule has 1 N–H and O–H groups in total. The third-order valence-corrected chi connectivity index (χ3v) is 3.88. The van der Waals surface area contributed by atoms with Crippen molar-refractivity contribution in [1.82, 2.24) is 10.3 Å². The minimum atomic E-state index is 0.367. The molecule has 1 heterocycles. The monoisotopic (exact) mass is 362 g/mol. The first-order valence-electron chi connectivity index (χ1n) is 7.52. The number of ether oxygens (including phenoxy) is 1. The van der Waals surface area contributed by atoms with Crippen LogP contribution in [0.2, 0.25) is 0 Å². The smallest absolute Gasteiger partial charge is 0.219 e. The van der Waals surface area contributed by atoms with Crippen LogP contribution in [0.5, 0.6) is 11.6 Å². The average Bonchev–Trinajstić information content (AvgIpc) is 2.47. The quantitative estimate of drug-likeness (QED) is 0.720. The summed E-state index contributed by atoms with van der Waals surface area (Å²) in [5, 5.41) is 3.45. The molecule has 0 amide bonds. The first-order chi connectivity index (χ1) is 10.4. The van der Waals surface area contributed by atoms with Crippen LogP contribution in [-0.4, -0.2) is 11.5 Å². The predicted molar refractivity (Wildman–Crippen MR) is 94.2 cm³/mol. The van der Waals surface area contributed by atoms with Gasteiger partial charge in [-0.05, 0) is 52.0 Å². The molecule has 0 spiro atoms. The van der Waals surface area contributed by atoms with Gasteiger partial charge in [-0.15, -0.1) is 0 Å². The minimum Gasteiger partial charge on any atom is -0.438 e. The Morgan fingerprint density at radius 3 is 2.55 bits per heavy atom. The van der Waals surface area contributed by atoms with Crippen molar-refractivity contribution in [2.45, 2.75) is 33.7 Å². The van der Waals surface area contributed by atoms with Gasteiger partial charge in [0.2, 0.25) is 5.88 Å². The Morgan fingerprint density at radius 1 is 1.14 bits per heavy atom. The lowest BCUT2D eigenvalue weighted by atomic mass is 9.92. The Labute approximate surface area is 141 Å². The van der Waals surface area contributed by atoms with Crippen molar-refractivity contribution >= 4 is 15.9 Å². The number of rotatable bonds is 6. The second-order valence-electron chi connectivity index (χ2n) is 6.52. The summed E-state index contributed by atoms with van der Waals surface area (Å²) >= 11 is 3.46. The van der Waals surface area contributed by atoms with Gasteiger partial charge in [0.1, 0.15) is 5.75 Å². The maximum atomic E-state index is 5.76. The zero-order valence-corrected chi connectivity index (χ0v) is 15.0. The second-order valence-corrected chi connectivity index (χ2v) is 7.38. The number of pyridine rings is 1. The third kappa shape index (κ3) is 5.78. The molecule has 0 aliphatic rings. The molecule has 1 aromatic carbocycles. The van der Waals surface area contributed by atoms with Crippen molar-refractivity contribution in [3.63, 3.8) is 0 Å². The maximum Gasteiger partial charge on any atom is 0.219 e. The molecule has 0 unspecified atom stereocenters. The summed E-state index contributed by atoms with van der Waals surface area (Å²) in [5.74, 6) is 1.37. The van der Waals surface area contributed by atoms with Gasteiger partial charge >= 0.3 is 0 Å². The average molecular weight is 363 g/mol. The molecule has 0 saturated carbocycles. The highest BCUT2D eigenvalue weighted by Gasteiger charge is 2.08. The second kappa shape index (κ2) is 7.75. The number of hydrogen-bond donors (Lipinski definition) is 1. The lowest BCUT2D eigenvalue weighted by Gasteiger charge is -2.18. The van der Waals surface area contributed by atoms with Gasteiger partial charge in [0.05, 0.1) is 4.47 Å². The summed E-state index contributed by atoms with van der Waals surface area (Å²) < 4.78 is 6.68. The van der Waals surface area contributed by atoms with E-state index in [-0.39, 0.29) is 0 Å². The van der Waals surface area contributed by atoms with Gasteiger partial charge in [-0.2, -0.15) is 0 Å². The normalized spacial score (nSPS) is 11.5. The van der Waals surface area contributed by atoms with Crippen LogP contribution in [0.1, 0.15) is 32.8 Å². The molecular weight excluding hydrogens is 340 g/mol. The first kappa shape index (κ1) is 17.0. The van der Waals surface area contributed by atoms with Gasteiger partial charge in [-0.3, -0.25) is 0 Å². The van der Waals surface area contributed by atoms with Gasteiger partial charge in [-0.1, -0.05) is 39.0 Å². The van der Waals surface area contributed by atoms with E-state index in [0.717, 1.165) is 35.3 Å². The Balaban J connectivity index is 1.84. The third-order valence-electron chi connectivity index (χ3n) is 3.23. The topological polar surface area (TPSA) is 34.1 Å². The van der Waals surface area contributed by atoms with E-state index < -0.39 is 0 Å². The van der Waals surface area contributed by atoms with E-state index in [1.165, 1.54) is 0 Å². The number of benzene rings is 1. The van der Waals surface area contributed by atoms with Crippen LogP contribution >= 0.6 is 15.9 Å². The summed E-state index contributed by atoms with van der Waals surface area (Å²) in [4.78, 5) is 4.36. The van der Waals surface area contributed by atoms with E-state index in [2.05, 4.69) is 47.0 Å².